The highest BCUT2D eigenvalue weighted by molar-refractivity contribution is 5.90. The lowest BCUT2D eigenvalue weighted by Gasteiger charge is -2.28. The molecule has 0 unspecified atom stereocenters. The van der Waals surface area contributed by atoms with Crippen LogP contribution in [0.1, 0.15) is 38.5 Å². The Balaban J connectivity index is 1.61. The number of Topliss-reactive ketones (excluding diaryl/α,β-unsaturated/α-hetero) is 1. The van der Waals surface area contributed by atoms with E-state index < -0.39 is 18.4 Å². The molecule has 1 amide bonds. The van der Waals surface area contributed by atoms with Crippen LogP contribution in [0.5, 0.6) is 0 Å². The molecule has 1 heterocycles. The highest BCUT2D eigenvalue weighted by Crippen LogP contribution is 2.21. The number of anilines is 2. The van der Waals surface area contributed by atoms with Crippen molar-refractivity contribution in [3.63, 3.8) is 0 Å². The Labute approximate surface area is 156 Å². The molecule has 0 spiro atoms. The van der Waals surface area contributed by atoms with E-state index in [0.717, 1.165) is 18.8 Å². The summed E-state index contributed by atoms with van der Waals surface area (Å²) in [6.07, 6.45) is -3.01. The van der Waals surface area contributed by atoms with Gasteiger partial charge in [0, 0.05) is 37.3 Å². The summed E-state index contributed by atoms with van der Waals surface area (Å²) in [5, 5.41) is 2.82. The molecular weight excluding hydrogens is 361 g/mol. The number of ketones is 1. The van der Waals surface area contributed by atoms with Gasteiger partial charge in [0.15, 0.2) is 0 Å². The first-order chi connectivity index (χ1) is 12.9. The molecule has 1 N–H and O–H groups in total. The van der Waals surface area contributed by atoms with Crippen LogP contribution in [0.4, 0.5) is 24.5 Å². The lowest BCUT2D eigenvalue weighted by molar-refractivity contribution is -0.171. The van der Waals surface area contributed by atoms with Crippen molar-refractivity contribution in [2.75, 3.05) is 36.5 Å². The molecule has 1 aliphatic rings. The SMILES string of the molecule is O=C(CCCCCCC(=O)C(F)(F)F)Nc1ccc(N2CCOCC2)cc1. The normalized spacial score (nSPS) is 14.9. The molecule has 1 aromatic rings. The van der Waals surface area contributed by atoms with Crippen molar-refractivity contribution in [2.24, 2.45) is 0 Å². The van der Waals surface area contributed by atoms with Crippen LogP contribution in [0, 0.1) is 0 Å². The Morgan fingerprint density at radius 3 is 2.15 bits per heavy atom. The number of unbranched alkanes of at least 4 members (excludes halogenated alkanes) is 3. The summed E-state index contributed by atoms with van der Waals surface area (Å²) >= 11 is 0. The van der Waals surface area contributed by atoms with E-state index in [1.165, 1.54) is 0 Å². The zero-order valence-corrected chi connectivity index (χ0v) is 15.2. The minimum absolute atomic E-state index is 0.125. The van der Waals surface area contributed by atoms with Crippen LogP contribution >= 0.6 is 0 Å². The Kier molecular flexibility index (Phi) is 8.09. The third-order valence-corrected chi connectivity index (χ3v) is 4.40. The Morgan fingerprint density at radius 2 is 1.56 bits per heavy atom. The van der Waals surface area contributed by atoms with Crippen LogP contribution < -0.4 is 10.2 Å². The van der Waals surface area contributed by atoms with Gasteiger partial charge in [-0.25, -0.2) is 0 Å². The number of carbonyl (C=O) groups excluding carboxylic acids is 2. The van der Waals surface area contributed by atoms with Crippen molar-refractivity contribution in [1.29, 1.82) is 0 Å². The molecular formula is C19H25F3N2O3. The van der Waals surface area contributed by atoms with Gasteiger partial charge in [-0.15, -0.1) is 0 Å². The van der Waals surface area contributed by atoms with Crippen molar-refractivity contribution in [3.8, 4) is 0 Å². The van der Waals surface area contributed by atoms with Gasteiger partial charge < -0.3 is 15.0 Å². The topological polar surface area (TPSA) is 58.6 Å². The molecule has 1 aromatic carbocycles. The lowest BCUT2D eigenvalue weighted by atomic mass is 10.1. The Bertz CT molecular complexity index is 612. The van der Waals surface area contributed by atoms with Crippen molar-refractivity contribution in [2.45, 2.75) is 44.7 Å². The monoisotopic (exact) mass is 386 g/mol. The number of hydrogen-bond acceptors (Lipinski definition) is 4. The van der Waals surface area contributed by atoms with Gasteiger partial charge in [-0.05, 0) is 37.1 Å². The van der Waals surface area contributed by atoms with E-state index in [-0.39, 0.29) is 12.3 Å². The zero-order valence-electron chi connectivity index (χ0n) is 15.2. The number of rotatable bonds is 9. The number of hydrogen-bond donors (Lipinski definition) is 1. The third-order valence-electron chi connectivity index (χ3n) is 4.40. The molecule has 0 aromatic heterocycles. The molecule has 1 aliphatic heterocycles. The highest BCUT2D eigenvalue weighted by atomic mass is 19.4. The maximum Gasteiger partial charge on any atom is 0.449 e. The van der Waals surface area contributed by atoms with Crippen molar-refractivity contribution < 1.29 is 27.5 Å². The van der Waals surface area contributed by atoms with Gasteiger partial charge in [-0.3, -0.25) is 9.59 Å². The number of amides is 1. The first-order valence-corrected chi connectivity index (χ1v) is 9.19. The fraction of sp³-hybridized carbons (Fsp3) is 0.579. The summed E-state index contributed by atoms with van der Waals surface area (Å²) in [7, 11) is 0. The quantitative estimate of drug-likeness (QED) is 0.654. The molecule has 150 valence electrons. The van der Waals surface area contributed by atoms with E-state index in [9.17, 15) is 22.8 Å². The number of ether oxygens (including phenoxy) is 1. The van der Waals surface area contributed by atoms with Gasteiger partial charge in [-0.2, -0.15) is 13.2 Å². The molecule has 0 aliphatic carbocycles. The largest absolute Gasteiger partial charge is 0.449 e. The smallest absolute Gasteiger partial charge is 0.378 e. The van der Waals surface area contributed by atoms with E-state index in [4.69, 9.17) is 4.74 Å². The first-order valence-electron chi connectivity index (χ1n) is 9.19. The Hall–Kier alpha value is -2.09. The van der Waals surface area contributed by atoms with E-state index in [1.54, 1.807) is 0 Å². The number of morpholine rings is 1. The van der Waals surface area contributed by atoms with Crippen LogP contribution in [0.3, 0.4) is 0 Å². The van der Waals surface area contributed by atoms with Crippen molar-refractivity contribution in [1.82, 2.24) is 0 Å². The molecule has 8 heteroatoms. The molecule has 5 nitrogen and oxygen atoms in total. The summed E-state index contributed by atoms with van der Waals surface area (Å²) in [6, 6.07) is 7.62. The molecule has 27 heavy (non-hydrogen) atoms. The second kappa shape index (κ2) is 10.3. The molecule has 0 saturated carbocycles. The van der Waals surface area contributed by atoms with Gasteiger partial charge in [-0.1, -0.05) is 12.8 Å². The van der Waals surface area contributed by atoms with Gasteiger partial charge in [0.05, 0.1) is 13.2 Å². The number of benzene rings is 1. The molecule has 0 atom stereocenters. The van der Waals surface area contributed by atoms with Crippen molar-refractivity contribution in [3.05, 3.63) is 24.3 Å². The summed E-state index contributed by atoms with van der Waals surface area (Å²) in [5.74, 6) is -1.80. The van der Waals surface area contributed by atoms with Crippen LogP contribution in [0.2, 0.25) is 0 Å². The number of halogens is 3. The molecule has 1 saturated heterocycles. The van der Waals surface area contributed by atoms with Crippen LogP contribution in [-0.2, 0) is 14.3 Å². The standard InChI is InChI=1S/C19H25F3N2O3/c20-19(21,22)17(25)5-3-1-2-4-6-18(26)23-15-7-9-16(10-8-15)24-11-13-27-14-12-24/h7-10H,1-6,11-14H2,(H,23,26). The fourth-order valence-corrected chi connectivity index (χ4v) is 2.87. The molecule has 0 radical (unpaired) electrons. The average Bonchev–Trinajstić information content (AvgIpc) is 2.65. The minimum atomic E-state index is -4.74. The second-order valence-electron chi connectivity index (χ2n) is 6.53. The third kappa shape index (κ3) is 7.58. The minimum Gasteiger partial charge on any atom is -0.378 e. The predicted octanol–water partition coefficient (Wildman–Crippen LogP) is 3.93. The maximum atomic E-state index is 12.1. The van der Waals surface area contributed by atoms with Crippen molar-refractivity contribution >= 4 is 23.1 Å². The van der Waals surface area contributed by atoms with E-state index in [1.807, 2.05) is 24.3 Å². The molecule has 0 bridgehead atoms. The fourth-order valence-electron chi connectivity index (χ4n) is 2.87. The molecule has 2 rings (SSSR count). The lowest BCUT2D eigenvalue weighted by Crippen LogP contribution is -2.36. The zero-order chi connectivity index (χ0) is 19.7. The Morgan fingerprint density at radius 1 is 0.963 bits per heavy atom. The summed E-state index contributed by atoms with van der Waals surface area (Å²) in [5.41, 5.74) is 1.80. The number of nitrogens with one attached hydrogen (secondary N) is 1. The number of carbonyl (C=O) groups is 2. The van der Waals surface area contributed by atoms with Gasteiger partial charge >= 0.3 is 6.18 Å². The van der Waals surface area contributed by atoms with Crippen LogP contribution in [-0.4, -0.2) is 44.2 Å². The van der Waals surface area contributed by atoms with Gasteiger partial charge in [0.2, 0.25) is 11.7 Å². The van der Waals surface area contributed by atoms with Crippen LogP contribution in [0.25, 0.3) is 0 Å². The summed E-state index contributed by atoms with van der Waals surface area (Å²) < 4.78 is 41.5. The highest BCUT2D eigenvalue weighted by Gasteiger charge is 2.36. The van der Waals surface area contributed by atoms with Crippen LogP contribution in [0.15, 0.2) is 24.3 Å². The maximum absolute atomic E-state index is 12.1. The predicted molar refractivity (Wildman–Crippen MR) is 96.9 cm³/mol. The first kappa shape index (κ1) is 21.2. The van der Waals surface area contributed by atoms with Gasteiger partial charge in [0.1, 0.15) is 0 Å². The van der Waals surface area contributed by atoms with Gasteiger partial charge in [0.25, 0.3) is 0 Å². The number of alkyl halides is 3. The van der Waals surface area contributed by atoms with E-state index in [0.29, 0.717) is 44.6 Å². The average molecular weight is 386 g/mol. The summed E-state index contributed by atoms with van der Waals surface area (Å²) in [6.45, 7) is 3.12. The number of nitrogens with zero attached hydrogens (tertiary/aromatic N) is 1. The van der Waals surface area contributed by atoms with E-state index in [2.05, 4.69) is 10.2 Å². The summed E-state index contributed by atoms with van der Waals surface area (Å²) in [4.78, 5) is 24.9. The molecule has 1 fully saturated rings. The second-order valence-corrected chi connectivity index (χ2v) is 6.53. The van der Waals surface area contributed by atoms with E-state index >= 15 is 0 Å².